The Morgan fingerprint density at radius 2 is 1.97 bits per heavy atom. The Morgan fingerprint density at radius 3 is 2.69 bits per heavy atom. The van der Waals surface area contributed by atoms with Gasteiger partial charge < -0.3 is 15.5 Å². The van der Waals surface area contributed by atoms with Crippen molar-refractivity contribution in [2.75, 3.05) is 45.2 Å². The Morgan fingerprint density at radius 1 is 1.16 bits per heavy atom. The molecule has 2 N–H and O–H groups in total. The average molecular weight is 568 g/mol. The molecule has 3 atom stereocenters. The molecule has 32 heavy (non-hydrogen) atoms. The summed E-state index contributed by atoms with van der Waals surface area (Å²) in [5, 5.41) is 9.43. The zero-order valence-corrected chi connectivity index (χ0v) is 22.7. The van der Waals surface area contributed by atoms with Gasteiger partial charge in [-0.3, -0.25) is 9.89 Å². The molecule has 2 aromatic rings. The summed E-state index contributed by atoms with van der Waals surface area (Å²) in [6.07, 6.45) is 5.12. The van der Waals surface area contributed by atoms with E-state index in [1.807, 2.05) is 18.4 Å². The van der Waals surface area contributed by atoms with Crippen molar-refractivity contribution in [3.63, 3.8) is 0 Å². The number of nitrogens with zero attached hydrogens (tertiary/aromatic N) is 3. The van der Waals surface area contributed by atoms with Gasteiger partial charge in [0.1, 0.15) is 0 Å². The summed E-state index contributed by atoms with van der Waals surface area (Å²) in [7, 11) is 4.13. The maximum Gasteiger partial charge on any atom is 0.191 e. The molecule has 0 radical (unpaired) electrons. The van der Waals surface area contributed by atoms with Gasteiger partial charge in [0, 0.05) is 43.3 Å². The molecule has 1 aromatic carbocycles. The fraction of sp³-hybridized carbons (Fsp3) is 0.560. The van der Waals surface area contributed by atoms with Crippen LogP contribution in [0.2, 0.25) is 0 Å². The highest BCUT2D eigenvalue weighted by Crippen LogP contribution is 2.36. The maximum absolute atomic E-state index is 4.52. The van der Waals surface area contributed by atoms with Crippen molar-refractivity contribution in [3.05, 3.63) is 52.2 Å². The second-order valence-electron chi connectivity index (χ2n) is 8.95. The third-order valence-corrected chi connectivity index (χ3v) is 7.73. The number of hydrogen-bond donors (Lipinski definition) is 2. The summed E-state index contributed by atoms with van der Waals surface area (Å²) in [6, 6.07) is 14.1. The fourth-order valence-electron chi connectivity index (χ4n) is 5.06. The molecule has 2 aliphatic heterocycles. The quantitative estimate of drug-likeness (QED) is 0.284. The van der Waals surface area contributed by atoms with Crippen molar-refractivity contribution in [2.45, 2.75) is 44.7 Å². The summed E-state index contributed by atoms with van der Waals surface area (Å²) in [5.41, 5.74) is 2.65. The lowest BCUT2D eigenvalue weighted by atomic mass is 9.88. The number of piperidine rings is 1. The number of halogens is 1. The highest BCUT2D eigenvalue weighted by Gasteiger charge is 2.31. The lowest BCUT2D eigenvalue weighted by Gasteiger charge is -2.39. The molecule has 0 spiro atoms. The highest BCUT2D eigenvalue weighted by atomic mass is 127. The van der Waals surface area contributed by atoms with Gasteiger partial charge >= 0.3 is 0 Å². The Hall–Kier alpha value is -1.32. The summed E-state index contributed by atoms with van der Waals surface area (Å²) in [4.78, 5) is 11.0. The van der Waals surface area contributed by atoms with E-state index in [4.69, 9.17) is 0 Å². The predicted octanol–water partition coefficient (Wildman–Crippen LogP) is 5.28. The first-order chi connectivity index (χ1) is 15.2. The summed E-state index contributed by atoms with van der Waals surface area (Å²) in [5.74, 6) is 1.47. The van der Waals surface area contributed by atoms with E-state index in [0.29, 0.717) is 12.0 Å². The van der Waals surface area contributed by atoms with Gasteiger partial charge in [-0.15, -0.1) is 35.3 Å². The van der Waals surface area contributed by atoms with Crippen molar-refractivity contribution in [2.24, 2.45) is 10.9 Å². The SMILES string of the molecule is CN=C(NCC1CCCN(C)C1c1cccs1)NC(C)c1cccc(N2CCCC2)c1.I. The molecule has 176 valence electrons. The molecule has 5 nitrogen and oxygen atoms in total. The topological polar surface area (TPSA) is 42.9 Å². The molecular formula is C25H38IN5S. The highest BCUT2D eigenvalue weighted by molar-refractivity contribution is 14.0. The summed E-state index contributed by atoms with van der Waals surface area (Å²) in [6.45, 7) is 6.69. The van der Waals surface area contributed by atoms with Crippen molar-refractivity contribution in [1.82, 2.24) is 15.5 Å². The molecule has 4 rings (SSSR count). The summed E-state index contributed by atoms with van der Waals surface area (Å²) < 4.78 is 0. The largest absolute Gasteiger partial charge is 0.372 e. The first-order valence-electron chi connectivity index (χ1n) is 11.7. The molecule has 2 fully saturated rings. The lowest BCUT2D eigenvalue weighted by Crippen LogP contribution is -2.45. The van der Waals surface area contributed by atoms with Crippen LogP contribution in [0.4, 0.5) is 5.69 Å². The van der Waals surface area contributed by atoms with E-state index in [-0.39, 0.29) is 30.0 Å². The van der Waals surface area contributed by atoms with E-state index in [1.54, 1.807) is 0 Å². The number of nitrogens with one attached hydrogen (secondary N) is 2. The number of aliphatic imine (C=N–C) groups is 1. The molecular weight excluding hydrogens is 529 g/mol. The molecule has 7 heteroatoms. The normalized spacial score (nSPS) is 23.0. The van der Waals surface area contributed by atoms with Gasteiger partial charge in [-0.2, -0.15) is 0 Å². The van der Waals surface area contributed by atoms with Gasteiger partial charge in [-0.05, 0) is 81.3 Å². The van der Waals surface area contributed by atoms with Gasteiger partial charge in [-0.1, -0.05) is 18.2 Å². The molecule has 3 heterocycles. The first kappa shape index (κ1) is 25.3. The predicted molar refractivity (Wildman–Crippen MR) is 149 cm³/mol. The van der Waals surface area contributed by atoms with Crippen LogP contribution in [0.25, 0.3) is 0 Å². The van der Waals surface area contributed by atoms with Crippen molar-refractivity contribution < 1.29 is 0 Å². The Bertz CT molecular complexity index is 850. The minimum Gasteiger partial charge on any atom is -0.372 e. The number of anilines is 1. The number of rotatable bonds is 6. The Labute approximate surface area is 214 Å². The van der Waals surface area contributed by atoms with Crippen LogP contribution in [0.3, 0.4) is 0 Å². The van der Waals surface area contributed by atoms with Crippen LogP contribution in [0.15, 0.2) is 46.8 Å². The minimum atomic E-state index is 0. The number of likely N-dealkylation sites (tertiary alicyclic amines) is 1. The third kappa shape index (κ3) is 6.17. The van der Waals surface area contributed by atoms with E-state index in [1.165, 1.54) is 61.4 Å². The molecule has 1 aromatic heterocycles. The monoisotopic (exact) mass is 567 g/mol. The van der Waals surface area contributed by atoms with Crippen LogP contribution < -0.4 is 15.5 Å². The van der Waals surface area contributed by atoms with Gasteiger partial charge in [-0.25, -0.2) is 0 Å². The zero-order valence-electron chi connectivity index (χ0n) is 19.6. The molecule has 2 aliphatic rings. The summed E-state index contributed by atoms with van der Waals surface area (Å²) >= 11 is 1.88. The van der Waals surface area contributed by atoms with E-state index < -0.39 is 0 Å². The van der Waals surface area contributed by atoms with Crippen LogP contribution in [-0.4, -0.2) is 51.1 Å². The first-order valence-corrected chi connectivity index (χ1v) is 12.6. The van der Waals surface area contributed by atoms with Gasteiger partial charge in [0.05, 0.1) is 6.04 Å². The van der Waals surface area contributed by atoms with Crippen LogP contribution in [0, 0.1) is 5.92 Å². The third-order valence-electron chi connectivity index (χ3n) is 6.79. The van der Waals surface area contributed by atoms with Gasteiger partial charge in [0.15, 0.2) is 5.96 Å². The van der Waals surface area contributed by atoms with Crippen molar-refractivity contribution in [3.8, 4) is 0 Å². The Balaban J connectivity index is 0.00000289. The second kappa shape index (κ2) is 12.2. The number of guanidine groups is 1. The zero-order chi connectivity index (χ0) is 21.6. The fourth-order valence-corrected chi connectivity index (χ4v) is 6.04. The average Bonchev–Trinajstić information content (AvgIpc) is 3.51. The number of benzene rings is 1. The van der Waals surface area contributed by atoms with Crippen LogP contribution >= 0.6 is 35.3 Å². The molecule has 0 amide bonds. The number of thiophene rings is 1. The van der Waals surface area contributed by atoms with Crippen LogP contribution in [0.5, 0.6) is 0 Å². The molecule has 0 saturated carbocycles. The minimum absolute atomic E-state index is 0. The van der Waals surface area contributed by atoms with Gasteiger partial charge in [0.25, 0.3) is 0 Å². The molecule has 3 unspecified atom stereocenters. The molecule has 0 bridgehead atoms. The van der Waals surface area contributed by atoms with Crippen molar-refractivity contribution in [1.29, 1.82) is 0 Å². The van der Waals surface area contributed by atoms with Gasteiger partial charge in [0.2, 0.25) is 0 Å². The maximum atomic E-state index is 4.52. The van der Waals surface area contributed by atoms with E-state index in [0.717, 1.165) is 12.5 Å². The van der Waals surface area contributed by atoms with E-state index >= 15 is 0 Å². The number of hydrogen-bond acceptors (Lipinski definition) is 4. The van der Waals surface area contributed by atoms with E-state index in [2.05, 4.69) is 81.2 Å². The second-order valence-corrected chi connectivity index (χ2v) is 9.93. The standard InChI is InChI=1S/C25H37N5S.HI/c1-19(20-9-6-11-22(17-20)30-14-4-5-15-30)28-25(26-2)27-18-21-10-7-13-29(3)24(21)23-12-8-16-31-23;/h6,8-9,11-12,16-17,19,21,24H,4-5,7,10,13-15,18H2,1-3H3,(H2,26,27,28);1H. The van der Waals surface area contributed by atoms with Crippen molar-refractivity contribution >= 4 is 47.0 Å². The lowest BCUT2D eigenvalue weighted by molar-refractivity contribution is 0.125. The smallest absolute Gasteiger partial charge is 0.191 e. The Kier molecular flexibility index (Phi) is 9.67. The van der Waals surface area contributed by atoms with E-state index in [9.17, 15) is 0 Å². The van der Waals surface area contributed by atoms with Crippen LogP contribution in [0.1, 0.15) is 55.1 Å². The van der Waals surface area contributed by atoms with Crippen LogP contribution in [-0.2, 0) is 0 Å². The molecule has 2 saturated heterocycles. The molecule has 0 aliphatic carbocycles.